The number of hydrogen-bond acceptors (Lipinski definition) is 3. The van der Waals surface area contributed by atoms with Crippen molar-refractivity contribution in [3.05, 3.63) is 42.6 Å². The van der Waals surface area contributed by atoms with E-state index in [1.807, 2.05) is 12.1 Å². The summed E-state index contributed by atoms with van der Waals surface area (Å²) in [6.45, 7) is 5.18. The van der Waals surface area contributed by atoms with E-state index in [9.17, 15) is 4.79 Å². The van der Waals surface area contributed by atoms with E-state index >= 15 is 0 Å². The quantitative estimate of drug-likeness (QED) is 0.625. The normalized spacial score (nSPS) is 10.7. The number of benzene rings is 1. The van der Waals surface area contributed by atoms with Gasteiger partial charge < -0.3 is 20.4 Å². The summed E-state index contributed by atoms with van der Waals surface area (Å²) in [5.74, 6) is -0.0567. The van der Waals surface area contributed by atoms with E-state index < -0.39 is 0 Å². The number of hydrogen-bond donors (Lipinski definition) is 2. The van der Waals surface area contributed by atoms with Crippen molar-refractivity contribution in [2.24, 2.45) is 0 Å². The van der Waals surface area contributed by atoms with Gasteiger partial charge in [-0.05, 0) is 18.2 Å². The zero-order valence-electron chi connectivity index (χ0n) is 11.6. The maximum atomic E-state index is 12.6. The number of nitrogen functional groups attached to an aromatic ring is 1. The average molecular weight is 273 g/mol. The molecule has 20 heavy (non-hydrogen) atoms. The molecule has 0 fully saturated rings. The van der Waals surface area contributed by atoms with Gasteiger partial charge in [0, 0.05) is 43.0 Å². The first-order valence-corrected chi connectivity index (χ1v) is 6.43. The fraction of sp³-hybridized carbons (Fsp3) is 0.267. The summed E-state index contributed by atoms with van der Waals surface area (Å²) < 4.78 is 5.04. The van der Waals surface area contributed by atoms with Gasteiger partial charge in [0.25, 0.3) is 5.91 Å². The first-order chi connectivity index (χ1) is 9.67. The highest BCUT2D eigenvalue weighted by Gasteiger charge is 2.18. The summed E-state index contributed by atoms with van der Waals surface area (Å²) in [4.78, 5) is 17.4. The number of anilines is 1. The number of ether oxygens (including phenoxy) is 1. The highest BCUT2D eigenvalue weighted by molar-refractivity contribution is 6.07. The maximum absolute atomic E-state index is 12.6. The third-order valence-corrected chi connectivity index (χ3v) is 3.14. The largest absolute Gasteiger partial charge is 0.399 e. The van der Waals surface area contributed by atoms with E-state index in [0.717, 1.165) is 10.9 Å². The monoisotopic (exact) mass is 273 g/mol. The van der Waals surface area contributed by atoms with Crippen LogP contribution in [-0.2, 0) is 4.74 Å². The summed E-state index contributed by atoms with van der Waals surface area (Å²) in [6, 6.07) is 5.48. The number of fused-ring (bicyclic) bond motifs is 1. The molecule has 2 aromatic rings. The van der Waals surface area contributed by atoms with Crippen LogP contribution in [0.25, 0.3) is 10.9 Å². The lowest BCUT2D eigenvalue weighted by Crippen LogP contribution is -2.33. The van der Waals surface area contributed by atoms with Gasteiger partial charge in [0.1, 0.15) is 0 Å². The highest BCUT2D eigenvalue weighted by Crippen LogP contribution is 2.22. The van der Waals surface area contributed by atoms with Crippen LogP contribution in [-0.4, -0.2) is 42.6 Å². The standard InChI is InChI=1S/C15H19N3O2/c1-3-6-18(7-8-20-2)15(19)13-10-17-14-5-4-11(16)9-12(13)14/h3-5,9-10,17H,1,6-8,16H2,2H3. The van der Waals surface area contributed by atoms with E-state index in [-0.39, 0.29) is 5.91 Å². The number of nitrogens with zero attached hydrogens (tertiary/aromatic N) is 1. The van der Waals surface area contributed by atoms with E-state index in [0.29, 0.717) is 30.9 Å². The third kappa shape index (κ3) is 2.83. The number of nitrogens with one attached hydrogen (secondary N) is 1. The van der Waals surface area contributed by atoms with Crippen LogP contribution in [0.2, 0.25) is 0 Å². The summed E-state index contributed by atoms with van der Waals surface area (Å²) in [6.07, 6.45) is 3.42. The molecule has 2 rings (SSSR count). The third-order valence-electron chi connectivity index (χ3n) is 3.14. The van der Waals surface area contributed by atoms with Crippen molar-refractivity contribution in [3.8, 4) is 0 Å². The Balaban J connectivity index is 2.32. The molecule has 1 amide bonds. The highest BCUT2D eigenvalue weighted by atomic mass is 16.5. The molecule has 5 nitrogen and oxygen atoms in total. The fourth-order valence-corrected chi connectivity index (χ4v) is 2.12. The number of methoxy groups -OCH3 is 1. The van der Waals surface area contributed by atoms with E-state index in [2.05, 4.69) is 11.6 Å². The zero-order valence-corrected chi connectivity index (χ0v) is 11.6. The van der Waals surface area contributed by atoms with Crippen molar-refractivity contribution in [3.63, 3.8) is 0 Å². The first kappa shape index (κ1) is 14.1. The topological polar surface area (TPSA) is 71.3 Å². The van der Waals surface area contributed by atoms with Crippen molar-refractivity contribution in [2.45, 2.75) is 0 Å². The lowest BCUT2D eigenvalue weighted by molar-refractivity contribution is 0.0720. The van der Waals surface area contributed by atoms with Gasteiger partial charge in [-0.15, -0.1) is 6.58 Å². The lowest BCUT2D eigenvalue weighted by Gasteiger charge is -2.20. The Morgan fingerprint density at radius 2 is 2.35 bits per heavy atom. The number of aromatic nitrogens is 1. The minimum absolute atomic E-state index is 0.0567. The van der Waals surface area contributed by atoms with Gasteiger partial charge in [-0.3, -0.25) is 4.79 Å². The molecule has 0 saturated carbocycles. The minimum Gasteiger partial charge on any atom is -0.399 e. The molecule has 0 aliphatic rings. The Hall–Kier alpha value is -2.27. The van der Waals surface area contributed by atoms with E-state index in [4.69, 9.17) is 10.5 Å². The summed E-state index contributed by atoms with van der Waals surface area (Å²) >= 11 is 0. The second kappa shape index (κ2) is 6.25. The fourth-order valence-electron chi connectivity index (χ4n) is 2.12. The predicted octanol–water partition coefficient (Wildman–Crippen LogP) is 2.02. The van der Waals surface area contributed by atoms with Crippen LogP contribution < -0.4 is 5.73 Å². The van der Waals surface area contributed by atoms with Crippen molar-refractivity contribution < 1.29 is 9.53 Å². The Morgan fingerprint density at radius 1 is 1.55 bits per heavy atom. The van der Waals surface area contributed by atoms with Crippen molar-refractivity contribution in [1.29, 1.82) is 0 Å². The van der Waals surface area contributed by atoms with Gasteiger partial charge >= 0.3 is 0 Å². The van der Waals surface area contributed by atoms with Crippen molar-refractivity contribution >= 4 is 22.5 Å². The molecule has 1 heterocycles. The van der Waals surface area contributed by atoms with Gasteiger partial charge in [0.15, 0.2) is 0 Å². The number of carbonyl (C=O) groups is 1. The summed E-state index contributed by atoms with van der Waals surface area (Å²) in [5.41, 5.74) is 7.94. The van der Waals surface area contributed by atoms with Gasteiger partial charge in [-0.25, -0.2) is 0 Å². The zero-order chi connectivity index (χ0) is 14.5. The molecule has 0 unspecified atom stereocenters. The molecule has 1 aromatic heterocycles. The Morgan fingerprint density at radius 3 is 3.05 bits per heavy atom. The van der Waals surface area contributed by atoms with Crippen LogP contribution in [0.4, 0.5) is 5.69 Å². The number of H-pyrrole nitrogens is 1. The Labute approximate surface area is 118 Å². The molecule has 0 spiro atoms. The summed E-state index contributed by atoms with van der Waals surface area (Å²) in [7, 11) is 1.61. The van der Waals surface area contributed by atoms with E-state index in [1.54, 1.807) is 30.3 Å². The molecular weight excluding hydrogens is 254 g/mol. The molecule has 0 radical (unpaired) electrons. The first-order valence-electron chi connectivity index (χ1n) is 6.43. The molecular formula is C15H19N3O2. The SMILES string of the molecule is C=CCN(CCOC)C(=O)c1c[nH]c2ccc(N)cc12. The maximum Gasteiger partial charge on any atom is 0.256 e. The molecule has 3 N–H and O–H groups in total. The molecule has 0 aliphatic heterocycles. The van der Waals surface area contributed by atoms with Crippen LogP contribution in [0, 0.1) is 0 Å². The molecule has 5 heteroatoms. The van der Waals surface area contributed by atoms with Crippen LogP contribution in [0.5, 0.6) is 0 Å². The van der Waals surface area contributed by atoms with Gasteiger partial charge in [0.05, 0.1) is 12.2 Å². The van der Waals surface area contributed by atoms with Crippen LogP contribution in [0.1, 0.15) is 10.4 Å². The van der Waals surface area contributed by atoms with Gasteiger partial charge in [0.2, 0.25) is 0 Å². The van der Waals surface area contributed by atoms with Crippen molar-refractivity contribution in [1.82, 2.24) is 9.88 Å². The minimum atomic E-state index is -0.0567. The Kier molecular flexibility index (Phi) is 4.42. The van der Waals surface area contributed by atoms with Crippen LogP contribution in [0.15, 0.2) is 37.1 Å². The second-order valence-electron chi connectivity index (χ2n) is 4.54. The molecule has 0 bridgehead atoms. The summed E-state index contributed by atoms with van der Waals surface area (Å²) in [5, 5.41) is 0.835. The number of aromatic amines is 1. The number of nitrogens with two attached hydrogens (primary N) is 1. The molecule has 0 atom stereocenters. The number of rotatable bonds is 6. The second-order valence-corrected chi connectivity index (χ2v) is 4.54. The molecule has 106 valence electrons. The molecule has 0 saturated heterocycles. The van der Waals surface area contributed by atoms with E-state index in [1.165, 1.54) is 0 Å². The number of carbonyl (C=O) groups excluding carboxylic acids is 1. The Bertz CT molecular complexity index is 619. The number of amides is 1. The molecule has 1 aromatic carbocycles. The molecule has 0 aliphatic carbocycles. The van der Waals surface area contributed by atoms with Gasteiger partial charge in [-0.1, -0.05) is 6.08 Å². The van der Waals surface area contributed by atoms with Crippen molar-refractivity contribution in [2.75, 3.05) is 32.5 Å². The lowest BCUT2D eigenvalue weighted by atomic mass is 10.1. The van der Waals surface area contributed by atoms with Crippen LogP contribution >= 0.6 is 0 Å². The van der Waals surface area contributed by atoms with Crippen LogP contribution in [0.3, 0.4) is 0 Å². The van der Waals surface area contributed by atoms with Gasteiger partial charge in [-0.2, -0.15) is 0 Å². The smallest absolute Gasteiger partial charge is 0.256 e. The predicted molar refractivity (Wildman–Crippen MR) is 80.7 cm³/mol. The average Bonchev–Trinajstić information content (AvgIpc) is 2.85.